The standard InChI is InChI=1S/C16H16N8/c17-5-13-7-21-15(9-19-13)23-11-1-2-12(4-3-11)24-16-10-20-14(6-18)8-22-16/h7-12H,1-4H2,(H,21,23)(H,22,24). The van der Waals surface area contributed by atoms with Gasteiger partial charge in [-0.05, 0) is 25.7 Å². The van der Waals surface area contributed by atoms with Gasteiger partial charge in [-0.15, -0.1) is 0 Å². The fourth-order valence-corrected chi connectivity index (χ4v) is 2.72. The average Bonchev–Trinajstić information content (AvgIpc) is 2.65. The highest BCUT2D eigenvalue weighted by molar-refractivity contribution is 5.36. The molecular formula is C16H16N8. The highest BCUT2D eigenvalue weighted by Gasteiger charge is 2.21. The molecular weight excluding hydrogens is 304 g/mol. The molecule has 0 aromatic carbocycles. The fraction of sp³-hybridized carbons (Fsp3) is 0.375. The van der Waals surface area contributed by atoms with Crippen molar-refractivity contribution in [1.29, 1.82) is 10.5 Å². The van der Waals surface area contributed by atoms with Crippen LogP contribution in [0.4, 0.5) is 11.6 Å². The molecule has 2 aromatic rings. The van der Waals surface area contributed by atoms with Gasteiger partial charge < -0.3 is 10.6 Å². The summed E-state index contributed by atoms with van der Waals surface area (Å²) < 4.78 is 0. The zero-order chi connectivity index (χ0) is 16.8. The van der Waals surface area contributed by atoms with Crippen molar-refractivity contribution in [1.82, 2.24) is 19.9 Å². The number of rotatable bonds is 4. The molecule has 1 aliphatic rings. The Balaban J connectivity index is 1.48. The Labute approximate surface area is 139 Å². The minimum Gasteiger partial charge on any atom is -0.366 e. The van der Waals surface area contributed by atoms with E-state index in [0.29, 0.717) is 35.1 Å². The van der Waals surface area contributed by atoms with Crippen LogP contribution < -0.4 is 10.6 Å². The third kappa shape index (κ3) is 3.93. The van der Waals surface area contributed by atoms with Crippen LogP contribution in [0.15, 0.2) is 24.8 Å². The maximum Gasteiger partial charge on any atom is 0.158 e. The molecule has 2 heterocycles. The summed E-state index contributed by atoms with van der Waals surface area (Å²) in [6.07, 6.45) is 10.1. The summed E-state index contributed by atoms with van der Waals surface area (Å²) in [5.41, 5.74) is 0.633. The van der Waals surface area contributed by atoms with Gasteiger partial charge in [0.2, 0.25) is 0 Å². The number of aromatic nitrogens is 4. The Hall–Kier alpha value is -3.26. The molecule has 8 heteroatoms. The van der Waals surface area contributed by atoms with E-state index in [1.165, 1.54) is 12.4 Å². The molecule has 1 fully saturated rings. The van der Waals surface area contributed by atoms with Gasteiger partial charge in [0.25, 0.3) is 0 Å². The Kier molecular flexibility index (Phi) is 4.78. The van der Waals surface area contributed by atoms with Crippen LogP contribution in [0.2, 0.25) is 0 Å². The summed E-state index contributed by atoms with van der Waals surface area (Å²) in [6.45, 7) is 0. The topological polar surface area (TPSA) is 123 Å². The number of nitrogens with zero attached hydrogens (tertiary/aromatic N) is 6. The highest BCUT2D eigenvalue weighted by Crippen LogP contribution is 2.23. The van der Waals surface area contributed by atoms with E-state index in [9.17, 15) is 0 Å². The van der Waals surface area contributed by atoms with Crippen LogP contribution in [-0.2, 0) is 0 Å². The lowest BCUT2D eigenvalue weighted by atomic mass is 9.91. The first-order valence-corrected chi connectivity index (χ1v) is 7.74. The lowest BCUT2D eigenvalue weighted by Crippen LogP contribution is -2.32. The minimum atomic E-state index is 0.317. The molecule has 0 atom stereocenters. The van der Waals surface area contributed by atoms with E-state index < -0.39 is 0 Å². The Bertz CT molecular complexity index is 681. The quantitative estimate of drug-likeness (QED) is 0.874. The molecule has 24 heavy (non-hydrogen) atoms. The van der Waals surface area contributed by atoms with E-state index in [1.54, 1.807) is 12.4 Å². The molecule has 1 saturated carbocycles. The third-order valence-corrected chi connectivity index (χ3v) is 3.96. The van der Waals surface area contributed by atoms with Crippen molar-refractivity contribution in [2.24, 2.45) is 0 Å². The lowest BCUT2D eigenvalue weighted by Gasteiger charge is -2.30. The molecule has 0 spiro atoms. The lowest BCUT2D eigenvalue weighted by molar-refractivity contribution is 0.427. The monoisotopic (exact) mass is 320 g/mol. The van der Waals surface area contributed by atoms with Gasteiger partial charge in [-0.1, -0.05) is 0 Å². The van der Waals surface area contributed by atoms with Crippen molar-refractivity contribution in [3.63, 3.8) is 0 Å². The zero-order valence-corrected chi connectivity index (χ0v) is 13.0. The number of hydrogen-bond acceptors (Lipinski definition) is 8. The normalized spacial score (nSPS) is 19.8. The van der Waals surface area contributed by atoms with Gasteiger partial charge in [-0.25, -0.2) is 19.9 Å². The summed E-state index contributed by atoms with van der Waals surface area (Å²) in [5.74, 6) is 1.40. The number of anilines is 2. The van der Waals surface area contributed by atoms with E-state index in [1.807, 2.05) is 12.1 Å². The van der Waals surface area contributed by atoms with E-state index >= 15 is 0 Å². The van der Waals surface area contributed by atoms with Crippen LogP contribution in [0.3, 0.4) is 0 Å². The smallest absolute Gasteiger partial charge is 0.158 e. The SMILES string of the molecule is N#Cc1cnc(NC2CCC(Nc3cnc(C#N)cn3)CC2)cn1. The molecule has 0 bridgehead atoms. The molecule has 2 aromatic heterocycles. The van der Waals surface area contributed by atoms with Crippen LogP contribution in [-0.4, -0.2) is 32.0 Å². The van der Waals surface area contributed by atoms with Crippen molar-refractivity contribution in [3.8, 4) is 12.1 Å². The molecule has 0 saturated heterocycles. The first kappa shape index (κ1) is 15.6. The Morgan fingerprint density at radius 3 is 1.42 bits per heavy atom. The highest BCUT2D eigenvalue weighted by atomic mass is 15.1. The van der Waals surface area contributed by atoms with E-state index in [-0.39, 0.29) is 0 Å². The van der Waals surface area contributed by atoms with Crippen molar-refractivity contribution in [2.75, 3.05) is 10.6 Å². The Morgan fingerprint density at radius 1 is 0.708 bits per heavy atom. The van der Waals surface area contributed by atoms with Gasteiger partial charge in [0, 0.05) is 12.1 Å². The zero-order valence-electron chi connectivity index (χ0n) is 13.0. The van der Waals surface area contributed by atoms with Crippen LogP contribution >= 0.6 is 0 Å². The van der Waals surface area contributed by atoms with Crippen LogP contribution in [0, 0.1) is 22.7 Å². The molecule has 0 unspecified atom stereocenters. The van der Waals surface area contributed by atoms with Crippen molar-refractivity contribution < 1.29 is 0 Å². The maximum atomic E-state index is 8.72. The number of hydrogen-bond donors (Lipinski definition) is 2. The minimum absolute atomic E-state index is 0.317. The van der Waals surface area contributed by atoms with E-state index in [4.69, 9.17) is 10.5 Å². The van der Waals surface area contributed by atoms with Gasteiger partial charge in [-0.3, -0.25) is 0 Å². The molecule has 1 aliphatic carbocycles. The second-order valence-corrected chi connectivity index (χ2v) is 5.63. The largest absolute Gasteiger partial charge is 0.366 e. The summed E-state index contributed by atoms with van der Waals surface area (Å²) in [5, 5.41) is 24.2. The van der Waals surface area contributed by atoms with E-state index in [0.717, 1.165) is 25.7 Å². The molecule has 2 N–H and O–H groups in total. The number of nitriles is 2. The van der Waals surface area contributed by atoms with Gasteiger partial charge in [-0.2, -0.15) is 10.5 Å². The van der Waals surface area contributed by atoms with Gasteiger partial charge >= 0.3 is 0 Å². The fourth-order valence-electron chi connectivity index (χ4n) is 2.72. The summed E-state index contributed by atoms with van der Waals surface area (Å²) >= 11 is 0. The molecule has 0 amide bonds. The molecule has 8 nitrogen and oxygen atoms in total. The second kappa shape index (κ2) is 7.34. The summed E-state index contributed by atoms with van der Waals surface area (Å²) in [7, 11) is 0. The van der Waals surface area contributed by atoms with Crippen molar-refractivity contribution in [3.05, 3.63) is 36.2 Å². The van der Waals surface area contributed by atoms with E-state index in [2.05, 4.69) is 30.6 Å². The van der Waals surface area contributed by atoms with Crippen LogP contribution in [0.5, 0.6) is 0 Å². The van der Waals surface area contributed by atoms with Crippen molar-refractivity contribution >= 4 is 11.6 Å². The predicted octanol–water partition coefficient (Wildman–Crippen LogP) is 1.85. The van der Waals surface area contributed by atoms with Crippen LogP contribution in [0.25, 0.3) is 0 Å². The van der Waals surface area contributed by atoms with Crippen molar-refractivity contribution in [2.45, 2.75) is 37.8 Å². The van der Waals surface area contributed by atoms with Gasteiger partial charge in [0.15, 0.2) is 11.4 Å². The third-order valence-electron chi connectivity index (χ3n) is 3.96. The Morgan fingerprint density at radius 2 is 1.12 bits per heavy atom. The molecule has 0 aliphatic heterocycles. The summed E-state index contributed by atoms with van der Waals surface area (Å²) in [4.78, 5) is 16.4. The summed E-state index contributed by atoms with van der Waals surface area (Å²) in [6, 6.07) is 4.60. The van der Waals surface area contributed by atoms with Crippen LogP contribution in [0.1, 0.15) is 37.1 Å². The average molecular weight is 320 g/mol. The molecule has 3 rings (SSSR count). The first-order valence-electron chi connectivity index (χ1n) is 7.74. The molecule has 120 valence electrons. The second-order valence-electron chi connectivity index (χ2n) is 5.63. The van der Waals surface area contributed by atoms with Gasteiger partial charge in [0.05, 0.1) is 24.8 Å². The predicted molar refractivity (Wildman–Crippen MR) is 86.8 cm³/mol. The first-order chi connectivity index (χ1) is 11.8. The molecule has 0 radical (unpaired) electrons. The van der Waals surface area contributed by atoms with Gasteiger partial charge in [0.1, 0.15) is 23.8 Å². The maximum absolute atomic E-state index is 8.72. The number of nitrogens with one attached hydrogen (secondary N) is 2.